The van der Waals surface area contributed by atoms with E-state index in [1.807, 2.05) is 6.92 Å². The molecule has 0 unspecified atom stereocenters. The average molecular weight is 247 g/mol. The van der Waals surface area contributed by atoms with Crippen LogP contribution in [0.5, 0.6) is 0 Å². The minimum Gasteiger partial charge on any atom is -0.292 e. The van der Waals surface area contributed by atoms with Crippen LogP contribution in [0.15, 0.2) is 30.5 Å². The number of hydrogen-bond acceptors (Lipinski definition) is 3. The van der Waals surface area contributed by atoms with Crippen molar-refractivity contribution in [3.05, 3.63) is 47.5 Å². The minimum atomic E-state index is -0.361. The second-order valence-electron chi connectivity index (χ2n) is 4.03. The van der Waals surface area contributed by atoms with E-state index in [9.17, 15) is 9.18 Å². The zero-order valence-corrected chi connectivity index (χ0v) is 10.1. The highest BCUT2D eigenvalue weighted by Crippen LogP contribution is 2.10. The number of halogens is 1. The van der Waals surface area contributed by atoms with E-state index in [2.05, 4.69) is 10.3 Å². The van der Waals surface area contributed by atoms with Gasteiger partial charge in [0, 0.05) is 13.0 Å². The van der Waals surface area contributed by atoms with Gasteiger partial charge in [0.1, 0.15) is 11.5 Å². The van der Waals surface area contributed by atoms with E-state index in [0.29, 0.717) is 17.8 Å². The largest absolute Gasteiger partial charge is 0.292 e. The van der Waals surface area contributed by atoms with Crippen LogP contribution in [0.3, 0.4) is 0 Å². The molecule has 5 heteroatoms. The number of carbonyl (C=O) groups is 1. The lowest BCUT2D eigenvalue weighted by Crippen LogP contribution is -2.13. The minimum absolute atomic E-state index is 0.0315. The summed E-state index contributed by atoms with van der Waals surface area (Å²) in [4.78, 5) is 12.1. The summed E-state index contributed by atoms with van der Waals surface area (Å²) in [5.41, 5.74) is 0.826. The number of rotatable bonds is 5. The molecule has 0 N–H and O–H groups in total. The fourth-order valence-electron chi connectivity index (χ4n) is 1.76. The second kappa shape index (κ2) is 5.53. The van der Waals surface area contributed by atoms with Crippen molar-refractivity contribution in [3.8, 4) is 0 Å². The van der Waals surface area contributed by atoms with Gasteiger partial charge in [0.25, 0.3) is 0 Å². The van der Waals surface area contributed by atoms with Crippen LogP contribution in [0.2, 0.25) is 0 Å². The van der Waals surface area contributed by atoms with E-state index in [0.717, 1.165) is 6.42 Å². The van der Waals surface area contributed by atoms with E-state index in [-0.39, 0.29) is 18.0 Å². The van der Waals surface area contributed by atoms with Gasteiger partial charge < -0.3 is 0 Å². The van der Waals surface area contributed by atoms with E-state index in [4.69, 9.17) is 0 Å². The molecule has 0 spiro atoms. The first-order valence-electron chi connectivity index (χ1n) is 5.87. The fraction of sp³-hybridized carbons (Fsp3) is 0.308. The molecule has 0 bridgehead atoms. The van der Waals surface area contributed by atoms with Crippen molar-refractivity contribution >= 4 is 5.78 Å². The highest BCUT2D eigenvalue weighted by molar-refractivity contribution is 5.95. The molecule has 2 aromatic rings. The first-order valence-corrected chi connectivity index (χ1v) is 5.87. The molecular weight excluding hydrogens is 233 g/mol. The number of aryl methyl sites for hydroxylation is 1. The van der Waals surface area contributed by atoms with Gasteiger partial charge in [-0.15, -0.1) is 5.10 Å². The molecule has 0 saturated carbocycles. The summed E-state index contributed by atoms with van der Waals surface area (Å²) >= 11 is 0. The lowest BCUT2D eigenvalue weighted by Gasteiger charge is -2.04. The highest BCUT2D eigenvalue weighted by atomic mass is 19.1. The van der Waals surface area contributed by atoms with Gasteiger partial charge >= 0.3 is 0 Å². The van der Waals surface area contributed by atoms with Crippen molar-refractivity contribution in [2.24, 2.45) is 0 Å². The summed E-state index contributed by atoms with van der Waals surface area (Å²) in [5.74, 6) is -0.529. The molecule has 94 valence electrons. The summed E-state index contributed by atoms with van der Waals surface area (Å²) in [6.07, 6.45) is 2.33. The molecule has 1 heterocycles. The van der Waals surface area contributed by atoms with Gasteiger partial charge in [-0.1, -0.05) is 30.3 Å². The summed E-state index contributed by atoms with van der Waals surface area (Å²) in [7, 11) is 0. The summed E-state index contributed by atoms with van der Waals surface area (Å²) < 4.78 is 15.0. The molecule has 0 aliphatic heterocycles. The van der Waals surface area contributed by atoms with E-state index >= 15 is 0 Å². The first-order chi connectivity index (χ1) is 8.72. The molecule has 0 aliphatic rings. The number of ketones is 1. The predicted molar refractivity (Wildman–Crippen MR) is 64.7 cm³/mol. The van der Waals surface area contributed by atoms with E-state index < -0.39 is 0 Å². The summed E-state index contributed by atoms with van der Waals surface area (Å²) in [6.45, 7) is 2.63. The third kappa shape index (κ3) is 2.61. The van der Waals surface area contributed by atoms with Crippen LogP contribution in [0, 0.1) is 5.82 Å². The number of Topliss-reactive ketones (excluding diaryl/α,β-unsaturated/α-hetero) is 1. The van der Waals surface area contributed by atoms with Gasteiger partial charge in [0.05, 0.1) is 6.20 Å². The number of nitrogens with zero attached hydrogens (tertiary/aromatic N) is 3. The Bertz CT molecular complexity index is 551. The molecule has 0 amide bonds. The van der Waals surface area contributed by atoms with Crippen molar-refractivity contribution in [1.82, 2.24) is 15.0 Å². The molecule has 0 aliphatic carbocycles. The van der Waals surface area contributed by atoms with E-state index in [1.165, 1.54) is 12.3 Å². The molecule has 4 nitrogen and oxygen atoms in total. The Balaban J connectivity index is 2.17. The third-order valence-electron chi connectivity index (χ3n) is 2.65. The molecule has 0 atom stereocenters. The Morgan fingerprint density at radius 2 is 2.17 bits per heavy atom. The maximum absolute atomic E-state index is 13.4. The molecule has 2 rings (SSSR count). The normalized spacial score (nSPS) is 10.6. The van der Waals surface area contributed by atoms with Gasteiger partial charge in [-0.3, -0.25) is 4.79 Å². The number of hydrogen-bond donors (Lipinski definition) is 0. The number of aromatic nitrogens is 3. The Morgan fingerprint density at radius 3 is 2.89 bits per heavy atom. The van der Waals surface area contributed by atoms with Crippen LogP contribution >= 0.6 is 0 Å². The van der Waals surface area contributed by atoms with Crippen molar-refractivity contribution < 1.29 is 9.18 Å². The predicted octanol–water partition coefficient (Wildman–Crippen LogP) is 2.25. The quantitative estimate of drug-likeness (QED) is 0.761. The SMILES string of the molecule is CCCn1nncc1C(=O)Cc1ccccc1F. The fourth-order valence-corrected chi connectivity index (χ4v) is 1.76. The van der Waals surface area contributed by atoms with Crippen LogP contribution in [-0.2, 0) is 13.0 Å². The van der Waals surface area contributed by atoms with Gasteiger partial charge in [0.2, 0.25) is 0 Å². The lowest BCUT2D eigenvalue weighted by atomic mass is 10.1. The van der Waals surface area contributed by atoms with Crippen molar-refractivity contribution in [2.45, 2.75) is 26.3 Å². The standard InChI is InChI=1S/C13H14FN3O/c1-2-7-17-12(9-15-16-17)13(18)8-10-5-3-4-6-11(10)14/h3-6,9H,2,7-8H2,1H3. The zero-order valence-electron chi connectivity index (χ0n) is 10.1. The first kappa shape index (κ1) is 12.4. The van der Waals surface area contributed by atoms with Gasteiger partial charge in [0.15, 0.2) is 5.78 Å². The Labute approximate surface area is 104 Å². The molecule has 0 radical (unpaired) electrons. The summed E-state index contributed by atoms with van der Waals surface area (Å²) in [6, 6.07) is 6.28. The molecule has 18 heavy (non-hydrogen) atoms. The highest BCUT2D eigenvalue weighted by Gasteiger charge is 2.15. The molecule has 0 fully saturated rings. The third-order valence-corrected chi connectivity index (χ3v) is 2.65. The van der Waals surface area contributed by atoms with Gasteiger partial charge in [-0.25, -0.2) is 9.07 Å². The van der Waals surface area contributed by atoms with Gasteiger partial charge in [-0.05, 0) is 18.1 Å². The number of carbonyl (C=O) groups excluding carboxylic acids is 1. The van der Waals surface area contributed by atoms with Crippen LogP contribution < -0.4 is 0 Å². The molecule has 1 aromatic heterocycles. The van der Waals surface area contributed by atoms with Crippen LogP contribution in [-0.4, -0.2) is 20.8 Å². The van der Waals surface area contributed by atoms with Crippen LogP contribution in [0.1, 0.15) is 29.4 Å². The maximum atomic E-state index is 13.4. The molecular formula is C13H14FN3O. The number of benzene rings is 1. The van der Waals surface area contributed by atoms with Gasteiger partial charge in [-0.2, -0.15) is 0 Å². The summed E-state index contributed by atoms with van der Waals surface area (Å²) in [5, 5.41) is 7.57. The van der Waals surface area contributed by atoms with Crippen LogP contribution in [0.4, 0.5) is 4.39 Å². The Hall–Kier alpha value is -2.04. The van der Waals surface area contributed by atoms with Crippen molar-refractivity contribution in [3.63, 3.8) is 0 Å². The Morgan fingerprint density at radius 1 is 1.39 bits per heavy atom. The van der Waals surface area contributed by atoms with Crippen molar-refractivity contribution in [2.75, 3.05) is 0 Å². The molecule has 0 saturated heterocycles. The monoisotopic (exact) mass is 247 g/mol. The van der Waals surface area contributed by atoms with Crippen molar-refractivity contribution in [1.29, 1.82) is 0 Å². The topological polar surface area (TPSA) is 47.8 Å². The average Bonchev–Trinajstić information content (AvgIpc) is 2.81. The molecule has 1 aromatic carbocycles. The van der Waals surface area contributed by atoms with Crippen LogP contribution in [0.25, 0.3) is 0 Å². The van der Waals surface area contributed by atoms with E-state index in [1.54, 1.807) is 22.9 Å². The maximum Gasteiger partial charge on any atom is 0.186 e. The lowest BCUT2D eigenvalue weighted by molar-refractivity contribution is 0.0981. The second-order valence-corrected chi connectivity index (χ2v) is 4.03. The smallest absolute Gasteiger partial charge is 0.186 e. The Kier molecular flexibility index (Phi) is 3.82. The zero-order chi connectivity index (χ0) is 13.0.